The van der Waals surface area contributed by atoms with E-state index < -0.39 is 18.6 Å². The number of hydrogen-bond donors (Lipinski definition) is 1. The molecule has 18 heavy (non-hydrogen) atoms. The van der Waals surface area contributed by atoms with Crippen molar-refractivity contribution in [2.45, 2.75) is 6.92 Å². The summed E-state index contributed by atoms with van der Waals surface area (Å²) >= 11 is 0. The first-order chi connectivity index (χ1) is 8.52. The SMILES string of the molecule is CCOc1cccc(OC(=O)N(C)CC(=O)O)c1. The van der Waals surface area contributed by atoms with Gasteiger partial charge in [0.15, 0.2) is 0 Å². The first-order valence-electron chi connectivity index (χ1n) is 5.40. The number of hydrogen-bond acceptors (Lipinski definition) is 4. The topological polar surface area (TPSA) is 76.1 Å². The van der Waals surface area contributed by atoms with E-state index in [1.54, 1.807) is 24.3 Å². The number of amides is 1. The van der Waals surface area contributed by atoms with Crippen molar-refractivity contribution in [3.8, 4) is 11.5 Å². The predicted molar refractivity (Wildman–Crippen MR) is 63.9 cm³/mol. The van der Waals surface area contributed by atoms with Gasteiger partial charge >= 0.3 is 12.1 Å². The summed E-state index contributed by atoms with van der Waals surface area (Å²) in [6.07, 6.45) is -0.731. The Kier molecular flexibility index (Phi) is 4.98. The highest BCUT2D eigenvalue weighted by Crippen LogP contribution is 2.19. The number of likely N-dealkylation sites (N-methyl/N-ethyl adjacent to an activating group) is 1. The summed E-state index contributed by atoms with van der Waals surface area (Å²) in [5.74, 6) is -0.204. The molecule has 0 bridgehead atoms. The van der Waals surface area contributed by atoms with Crippen molar-refractivity contribution in [1.82, 2.24) is 4.90 Å². The van der Waals surface area contributed by atoms with Crippen molar-refractivity contribution < 1.29 is 24.2 Å². The summed E-state index contributed by atoms with van der Waals surface area (Å²) in [6.45, 7) is 1.94. The molecule has 6 heteroatoms. The van der Waals surface area contributed by atoms with E-state index in [4.69, 9.17) is 14.6 Å². The average molecular weight is 253 g/mol. The summed E-state index contributed by atoms with van der Waals surface area (Å²) in [4.78, 5) is 22.9. The van der Waals surface area contributed by atoms with Gasteiger partial charge in [-0.1, -0.05) is 6.07 Å². The maximum Gasteiger partial charge on any atom is 0.415 e. The molecule has 0 spiro atoms. The lowest BCUT2D eigenvalue weighted by Gasteiger charge is -2.14. The van der Waals surface area contributed by atoms with Gasteiger partial charge in [0.2, 0.25) is 0 Å². The third-order valence-electron chi connectivity index (χ3n) is 2.01. The Balaban J connectivity index is 2.63. The van der Waals surface area contributed by atoms with Gasteiger partial charge in [0.25, 0.3) is 0 Å². The Hall–Kier alpha value is -2.24. The van der Waals surface area contributed by atoms with E-state index in [0.29, 0.717) is 18.1 Å². The van der Waals surface area contributed by atoms with Crippen molar-refractivity contribution in [3.63, 3.8) is 0 Å². The van der Waals surface area contributed by atoms with Crippen molar-refractivity contribution in [2.75, 3.05) is 20.2 Å². The average Bonchev–Trinajstić information content (AvgIpc) is 2.29. The minimum atomic E-state index is -1.10. The van der Waals surface area contributed by atoms with Crippen molar-refractivity contribution in [3.05, 3.63) is 24.3 Å². The number of rotatable bonds is 5. The van der Waals surface area contributed by atoms with Crippen LogP contribution in [0.5, 0.6) is 11.5 Å². The Morgan fingerprint density at radius 1 is 1.33 bits per heavy atom. The lowest BCUT2D eigenvalue weighted by atomic mass is 10.3. The largest absolute Gasteiger partial charge is 0.494 e. The second-order valence-electron chi connectivity index (χ2n) is 3.53. The Morgan fingerprint density at radius 2 is 2.00 bits per heavy atom. The summed E-state index contributed by atoms with van der Waals surface area (Å²) in [5, 5.41) is 8.54. The van der Waals surface area contributed by atoms with Crippen LogP contribution in [0.3, 0.4) is 0 Å². The van der Waals surface area contributed by atoms with Crippen molar-refractivity contribution >= 4 is 12.1 Å². The predicted octanol–water partition coefficient (Wildman–Crippen LogP) is 1.60. The molecule has 1 N–H and O–H groups in total. The molecule has 6 nitrogen and oxygen atoms in total. The van der Waals surface area contributed by atoms with Crippen LogP contribution in [0.1, 0.15) is 6.92 Å². The molecular formula is C12H15NO5. The molecule has 0 saturated carbocycles. The van der Waals surface area contributed by atoms with E-state index in [9.17, 15) is 9.59 Å². The third-order valence-corrected chi connectivity index (χ3v) is 2.01. The minimum Gasteiger partial charge on any atom is -0.494 e. The van der Waals surface area contributed by atoms with E-state index in [0.717, 1.165) is 4.90 Å². The first-order valence-corrected chi connectivity index (χ1v) is 5.40. The van der Waals surface area contributed by atoms with Crippen LogP contribution in [-0.2, 0) is 4.79 Å². The molecule has 0 heterocycles. The van der Waals surface area contributed by atoms with Crippen LogP contribution in [0.25, 0.3) is 0 Å². The molecule has 0 atom stereocenters. The lowest BCUT2D eigenvalue weighted by molar-refractivity contribution is -0.137. The summed E-state index contributed by atoms with van der Waals surface area (Å²) < 4.78 is 10.3. The van der Waals surface area contributed by atoms with E-state index >= 15 is 0 Å². The highest BCUT2D eigenvalue weighted by Gasteiger charge is 2.14. The second-order valence-corrected chi connectivity index (χ2v) is 3.53. The smallest absolute Gasteiger partial charge is 0.415 e. The number of benzene rings is 1. The molecule has 1 amide bonds. The maximum absolute atomic E-state index is 11.5. The van der Waals surface area contributed by atoms with Crippen molar-refractivity contribution in [2.24, 2.45) is 0 Å². The number of carbonyl (C=O) groups is 2. The molecule has 1 aromatic carbocycles. The molecule has 0 aromatic heterocycles. The van der Waals surface area contributed by atoms with Gasteiger partial charge in [-0.05, 0) is 19.1 Å². The highest BCUT2D eigenvalue weighted by molar-refractivity contribution is 5.77. The summed E-state index contributed by atoms with van der Waals surface area (Å²) in [7, 11) is 1.35. The van der Waals surface area contributed by atoms with Gasteiger partial charge in [-0.3, -0.25) is 9.69 Å². The summed E-state index contributed by atoms with van der Waals surface area (Å²) in [5.41, 5.74) is 0. The van der Waals surface area contributed by atoms with Crippen LogP contribution >= 0.6 is 0 Å². The third kappa shape index (κ3) is 4.32. The highest BCUT2D eigenvalue weighted by atomic mass is 16.6. The van der Waals surface area contributed by atoms with Crippen molar-refractivity contribution in [1.29, 1.82) is 0 Å². The number of carbonyl (C=O) groups excluding carboxylic acids is 1. The van der Waals surface area contributed by atoms with Crippen LogP contribution in [0.4, 0.5) is 4.79 Å². The van der Waals surface area contributed by atoms with Gasteiger partial charge in [0, 0.05) is 13.1 Å². The fourth-order valence-electron chi connectivity index (χ4n) is 1.24. The lowest BCUT2D eigenvalue weighted by Crippen LogP contribution is -2.34. The molecule has 98 valence electrons. The zero-order valence-electron chi connectivity index (χ0n) is 10.3. The number of carboxylic acids is 1. The monoisotopic (exact) mass is 253 g/mol. The van der Waals surface area contributed by atoms with E-state index in [1.807, 2.05) is 6.92 Å². The van der Waals surface area contributed by atoms with Crippen LogP contribution in [0.15, 0.2) is 24.3 Å². The molecule has 0 aliphatic heterocycles. The van der Waals surface area contributed by atoms with Crippen LogP contribution in [0, 0.1) is 0 Å². The molecule has 0 fully saturated rings. The first kappa shape index (κ1) is 13.8. The second kappa shape index (κ2) is 6.48. The normalized spacial score (nSPS) is 9.67. The van der Waals surface area contributed by atoms with Gasteiger partial charge in [-0.2, -0.15) is 0 Å². The molecule has 0 saturated heterocycles. The van der Waals surface area contributed by atoms with E-state index in [2.05, 4.69) is 0 Å². The number of ether oxygens (including phenoxy) is 2. The molecule has 0 radical (unpaired) electrons. The Bertz CT molecular complexity index is 432. The van der Waals surface area contributed by atoms with Crippen LogP contribution < -0.4 is 9.47 Å². The maximum atomic E-state index is 11.5. The number of carboxylic acid groups (broad SMARTS) is 1. The van der Waals surface area contributed by atoms with Gasteiger partial charge in [-0.15, -0.1) is 0 Å². The minimum absolute atomic E-state index is 0.309. The molecule has 0 aliphatic carbocycles. The molecular weight excluding hydrogens is 238 g/mol. The van der Waals surface area contributed by atoms with Crippen LogP contribution in [0.2, 0.25) is 0 Å². The van der Waals surface area contributed by atoms with E-state index in [1.165, 1.54) is 7.05 Å². The Labute approximate surface area is 105 Å². The molecule has 1 aromatic rings. The van der Waals surface area contributed by atoms with Gasteiger partial charge in [0.05, 0.1) is 6.61 Å². The standard InChI is InChI=1S/C12H15NO5/c1-3-17-9-5-4-6-10(7-9)18-12(16)13(2)8-11(14)15/h4-7H,3,8H2,1-2H3,(H,14,15). The molecule has 0 unspecified atom stereocenters. The quantitative estimate of drug-likeness (QED) is 0.862. The zero-order valence-corrected chi connectivity index (χ0v) is 10.3. The fraction of sp³-hybridized carbons (Fsp3) is 0.333. The van der Waals surface area contributed by atoms with E-state index in [-0.39, 0.29) is 0 Å². The Morgan fingerprint density at radius 3 is 2.61 bits per heavy atom. The van der Waals surface area contributed by atoms with Gasteiger partial charge in [0.1, 0.15) is 18.0 Å². The summed E-state index contributed by atoms with van der Waals surface area (Å²) in [6, 6.07) is 6.58. The number of aliphatic carboxylic acids is 1. The van der Waals surface area contributed by atoms with Gasteiger partial charge in [-0.25, -0.2) is 4.79 Å². The zero-order chi connectivity index (χ0) is 13.5. The molecule has 0 aliphatic rings. The van der Waals surface area contributed by atoms with Crippen LogP contribution in [-0.4, -0.2) is 42.3 Å². The number of nitrogens with zero attached hydrogens (tertiary/aromatic N) is 1. The molecule has 1 rings (SSSR count). The van der Waals surface area contributed by atoms with Gasteiger partial charge < -0.3 is 14.6 Å². The fourth-order valence-corrected chi connectivity index (χ4v) is 1.24.